The molecule has 0 aliphatic carbocycles. The molecule has 1 aromatic heterocycles. The molecule has 2 N–H and O–H groups in total. The van der Waals surface area contributed by atoms with Crippen molar-refractivity contribution in [2.24, 2.45) is 0 Å². The van der Waals surface area contributed by atoms with Crippen LogP contribution in [0.2, 0.25) is 10.0 Å². The molecule has 0 amide bonds. The first kappa shape index (κ1) is 13.9. The average molecular weight is 319 g/mol. The Hall–Kier alpha value is -2.04. The predicted molar refractivity (Wildman–Crippen MR) is 85.4 cm³/mol. The standard InChI is InChI=1S/C15H12Cl2N4/c16-13-5-2-6-14(17)12(13)8-21-9-19-15(20-21)10-3-1-4-11(18)7-10/h1-7,9H,8,18H2. The highest BCUT2D eigenvalue weighted by Crippen LogP contribution is 2.25. The van der Waals surface area contributed by atoms with E-state index in [0.29, 0.717) is 28.1 Å². The molecule has 0 unspecified atom stereocenters. The molecule has 4 nitrogen and oxygen atoms in total. The summed E-state index contributed by atoms with van der Waals surface area (Å²) < 4.78 is 1.70. The number of benzene rings is 2. The van der Waals surface area contributed by atoms with E-state index in [9.17, 15) is 0 Å². The van der Waals surface area contributed by atoms with Gasteiger partial charge in [0.05, 0.1) is 6.54 Å². The third kappa shape index (κ3) is 3.01. The van der Waals surface area contributed by atoms with E-state index in [1.165, 1.54) is 0 Å². The summed E-state index contributed by atoms with van der Waals surface area (Å²) in [4.78, 5) is 4.29. The number of hydrogen-bond acceptors (Lipinski definition) is 3. The van der Waals surface area contributed by atoms with E-state index >= 15 is 0 Å². The summed E-state index contributed by atoms with van der Waals surface area (Å²) in [6.07, 6.45) is 1.65. The third-order valence-corrected chi connectivity index (χ3v) is 3.77. The molecule has 3 rings (SSSR count). The van der Waals surface area contributed by atoms with E-state index in [1.807, 2.05) is 30.3 Å². The molecule has 0 bridgehead atoms. The Balaban J connectivity index is 1.89. The van der Waals surface area contributed by atoms with Crippen LogP contribution < -0.4 is 5.73 Å². The van der Waals surface area contributed by atoms with E-state index in [-0.39, 0.29) is 0 Å². The van der Waals surface area contributed by atoms with Gasteiger partial charge in [-0.15, -0.1) is 0 Å². The van der Waals surface area contributed by atoms with Crippen LogP contribution in [0.15, 0.2) is 48.8 Å². The van der Waals surface area contributed by atoms with Gasteiger partial charge in [0, 0.05) is 26.9 Å². The topological polar surface area (TPSA) is 56.7 Å². The zero-order chi connectivity index (χ0) is 14.8. The molecular weight excluding hydrogens is 307 g/mol. The molecule has 0 radical (unpaired) electrons. The number of rotatable bonds is 3. The lowest BCUT2D eigenvalue weighted by molar-refractivity contribution is 0.687. The Morgan fingerprint density at radius 1 is 1.05 bits per heavy atom. The fraction of sp³-hybridized carbons (Fsp3) is 0.0667. The Morgan fingerprint density at radius 3 is 2.48 bits per heavy atom. The van der Waals surface area contributed by atoms with Crippen molar-refractivity contribution in [1.82, 2.24) is 14.8 Å². The van der Waals surface area contributed by atoms with E-state index in [4.69, 9.17) is 28.9 Å². The Labute approximate surface area is 132 Å². The Bertz CT molecular complexity index is 763. The van der Waals surface area contributed by atoms with Crippen LogP contribution >= 0.6 is 23.2 Å². The summed E-state index contributed by atoms with van der Waals surface area (Å²) in [6, 6.07) is 12.9. The van der Waals surface area contributed by atoms with Crippen LogP contribution in [0.1, 0.15) is 5.56 Å². The normalized spacial score (nSPS) is 10.8. The lowest BCUT2D eigenvalue weighted by Gasteiger charge is -2.06. The summed E-state index contributed by atoms with van der Waals surface area (Å²) in [7, 11) is 0. The van der Waals surface area contributed by atoms with Gasteiger partial charge < -0.3 is 5.73 Å². The number of hydrogen-bond donors (Lipinski definition) is 1. The molecule has 0 fully saturated rings. The second kappa shape index (κ2) is 5.76. The molecule has 1 heterocycles. The lowest BCUT2D eigenvalue weighted by atomic mass is 10.2. The minimum atomic E-state index is 0.466. The van der Waals surface area contributed by atoms with Crippen LogP contribution in [0.25, 0.3) is 11.4 Å². The second-order valence-corrected chi connectivity index (χ2v) is 5.41. The summed E-state index contributed by atoms with van der Waals surface area (Å²) in [5.41, 5.74) is 8.15. The van der Waals surface area contributed by atoms with Crippen LogP contribution in [-0.4, -0.2) is 14.8 Å². The highest BCUT2D eigenvalue weighted by molar-refractivity contribution is 6.35. The third-order valence-electron chi connectivity index (χ3n) is 3.06. The molecule has 0 spiro atoms. The van der Waals surface area contributed by atoms with E-state index in [2.05, 4.69) is 10.1 Å². The van der Waals surface area contributed by atoms with Crippen molar-refractivity contribution >= 4 is 28.9 Å². The first-order valence-corrected chi connectivity index (χ1v) is 7.07. The first-order valence-electron chi connectivity index (χ1n) is 6.32. The SMILES string of the molecule is Nc1cccc(-c2ncn(Cc3c(Cl)cccc3Cl)n2)c1. The van der Waals surface area contributed by atoms with Gasteiger partial charge in [-0.3, -0.25) is 0 Å². The molecule has 2 aromatic carbocycles. The summed E-state index contributed by atoms with van der Waals surface area (Å²) in [5, 5.41) is 5.66. The van der Waals surface area contributed by atoms with Crippen molar-refractivity contribution in [3.05, 3.63) is 64.4 Å². The number of halogens is 2. The summed E-state index contributed by atoms with van der Waals surface area (Å²) in [5.74, 6) is 0.616. The molecule has 3 aromatic rings. The van der Waals surface area contributed by atoms with E-state index in [0.717, 1.165) is 11.1 Å². The zero-order valence-electron chi connectivity index (χ0n) is 11.0. The second-order valence-electron chi connectivity index (χ2n) is 4.59. The molecule has 0 aliphatic heterocycles. The average Bonchev–Trinajstić information content (AvgIpc) is 2.92. The van der Waals surface area contributed by atoms with Gasteiger partial charge in [0.2, 0.25) is 0 Å². The van der Waals surface area contributed by atoms with Crippen LogP contribution in [0.3, 0.4) is 0 Å². The largest absolute Gasteiger partial charge is 0.399 e. The van der Waals surface area contributed by atoms with Gasteiger partial charge in [0.25, 0.3) is 0 Å². The van der Waals surface area contributed by atoms with Crippen LogP contribution in [0.5, 0.6) is 0 Å². The van der Waals surface area contributed by atoms with Crippen molar-refractivity contribution in [3.8, 4) is 11.4 Å². The molecule has 0 atom stereocenters. The van der Waals surface area contributed by atoms with Gasteiger partial charge in [0.15, 0.2) is 5.82 Å². The van der Waals surface area contributed by atoms with Crippen molar-refractivity contribution in [2.45, 2.75) is 6.54 Å². The van der Waals surface area contributed by atoms with Crippen LogP contribution in [0.4, 0.5) is 5.69 Å². The van der Waals surface area contributed by atoms with Crippen LogP contribution in [0, 0.1) is 0 Å². The van der Waals surface area contributed by atoms with Gasteiger partial charge in [-0.25, -0.2) is 9.67 Å². The fourth-order valence-corrected chi connectivity index (χ4v) is 2.54. The van der Waals surface area contributed by atoms with E-state index < -0.39 is 0 Å². The van der Waals surface area contributed by atoms with Crippen molar-refractivity contribution < 1.29 is 0 Å². The van der Waals surface area contributed by atoms with E-state index in [1.54, 1.807) is 23.1 Å². The van der Waals surface area contributed by atoms with Gasteiger partial charge in [-0.2, -0.15) is 5.10 Å². The Morgan fingerprint density at radius 2 is 1.76 bits per heavy atom. The van der Waals surface area contributed by atoms with Gasteiger partial charge >= 0.3 is 0 Å². The maximum Gasteiger partial charge on any atom is 0.181 e. The Kier molecular flexibility index (Phi) is 3.82. The number of nitrogens with zero attached hydrogens (tertiary/aromatic N) is 3. The molecule has 0 saturated heterocycles. The number of nitrogens with two attached hydrogens (primary N) is 1. The van der Waals surface area contributed by atoms with Gasteiger partial charge in [-0.1, -0.05) is 41.4 Å². The summed E-state index contributed by atoms with van der Waals surface area (Å²) in [6.45, 7) is 0.466. The quantitative estimate of drug-likeness (QED) is 0.745. The highest BCUT2D eigenvalue weighted by atomic mass is 35.5. The van der Waals surface area contributed by atoms with Crippen molar-refractivity contribution in [1.29, 1.82) is 0 Å². The maximum absolute atomic E-state index is 6.16. The number of nitrogen functional groups attached to an aromatic ring is 1. The molecule has 0 aliphatic rings. The summed E-state index contributed by atoms with van der Waals surface area (Å²) >= 11 is 12.3. The molecule has 106 valence electrons. The minimum absolute atomic E-state index is 0.466. The molecular formula is C15H12Cl2N4. The molecule has 6 heteroatoms. The van der Waals surface area contributed by atoms with Crippen molar-refractivity contribution in [3.63, 3.8) is 0 Å². The predicted octanol–water partition coefficient (Wildman–Crippen LogP) is 3.88. The monoisotopic (exact) mass is 318 g/mol. The van der Waals surface area contributed by atoms with Crippen LogP contribution in [-0.2, 0) is 6.54 Å². The van der Waals surface area contributed by atoms with Gasteiger partial charge in [0.1, 0.15) is 6.33 Å². The lowest BCUT2D eigenvalue weighted by Crippen LogP contribution is -2.02. The van der Waals surface area contributed by atoms with Crippen molar-refractivity contribution in [2.75, 3.05) is 5.73 Å². The van der Waals surface area contributed by atoms with Gasteiger partial charge in [-0.05, 0) is 24.3 Å². The molecule has 21 heavy (non-hydrogen) atoms. The number of anilines is 1. The zero-order valence-corrected chi connectivity index (χ0v) is 12.5. The fourth-order valence-electron chi connectivity index (χ4n) is 2.03. The smallest absolute Gasteiger partial charge is 0.181 e. The maximum atomic E-state index is 6.16. The first-order chi connectivity index (χ1) is 10.1. The number of aromatic nitrogens is 3. The highest BCUT2D eigenvalue weighted by Gasteiger charge is 2.09. The minimum Gasteiger partial charge on any atom is -0.399 e. The molecule has 0 saturated carbocycles.